The van der Waals surface area contributed by atoms with Crippen LogP contribution in [0.1, 0.15) is 25.1 Å². The van der Waals surface area contributed by atoms with Gasteiger partial charge in [-0.15, -0.1) is 24.0 Å². The van der Waals surface area contributed by atoms with Crippen molar-refractivity contribution in [3.8, 4) is 0 Å². The van der Waals surface area contributed by atoms with E-state index < -0.39 is 0 Å². The van der Waals surface area contributed by atoms with Gasteiger partial charge in [0.15, 0.2) is 5.96 Å². The number of aromatic nitrogens is 1. The van der Waals surface area contributed by atoms with Gasteiger partial charge in [-0.25, -0.2) is 0 Å². The highest BCUT2D eigenvalue weighted by molar-refractivity contribution is 14.0. The summed E-state index contributed by atoms with van der Waals surface area (Å²) >= 11 is 0. The fourth-order valence-corrected chi connectivity index (χ4v) is 2.76. The zero-order valence-electron chi connectivity index (χ0n) is 17.7. The molecule has 0 aliphatic rings. The zero-order valence-corrected chi connectivity index (χ0v) is 20.0. The Balaban J connectivity index is 0.00000420. The van der Waals surface area contributed by atoms with Crippen LogP contribution in [0.2, 0.25) is 0 Å². The highest BCUT2D eigenvalue weighted by Gasteiger charge is 2.20. The summed E-state index contributed by atoms with van der Waals surface area (Å²) in [6.07, 6.45) is 2.51. The number of benzene rings is 1. The predicted molar refractivity (Wildman–Crippen MR) is 130 cm³/mol. The maximum Gasteiger partial charge on any atom is 0.241 e. The number of nitrogens with one attached hydrogen (secondary N) is 2. The van der Waals surface area contributed by atoms with Crippen molar-refractivity contribution >= 4 is 35.8 Å². The van der Waals surface area contributed by atoms with Crippen LogP contribution in [0, 0.1) is 0 Å². The summed E-state index contributed by atoms with van der Waals surface area (Å²) in [5.41, 5.74) is 2.18. The number of aliphatic imine (C=N–C) groups is 1. The number of likely N-dealkylation sites (N-methyl/N-ethyl adjacent to an activating group) is 1. The first-order chi connectivity index (χ1) is 13.4. The van der Waals surface area contributed by atoms with Crippen LogP contribution in [0.15, 0.2) is 59.7 Å². The monoisotopic (exact) mass is 509 g/mol. The SMILES string of the molecule is CN=C(NCC(=O)N(C)CCc1ccccn1)NCC(C)(C)c1ccccc1.I. The Morgan fingerprint density at radius 3 is 2.41 bits per heavy atom. The molecule has 2 N–H and O–H groups in total. The number of pyridine rings is 1. The van der Waals surface area contributed by atoms with E-state index in [0.717, 1.165) is 12.1 Å². The second kappa shape index (κ2) is 12.4. The average molecular weight is 509 g/mol. The Bertz CT molecular complexity index is 765. The number of hydrogen-bond acceptors (Lipinski definition) is 3. The Labute approximate surface area is 191 Å². The number of nitrogens with zero attached hydrogens (tertiary/aromatic N) is 3. The fraction of sp³-hybridized carbons (Fsp3) is 0.409. The molecule has 1 aromatic carbocycles. The Hall–Kier alpha value is -2.16. The maximum absolute atomic E-state index is 12.4. The van der Waals surface area contributed by atoms with Crippen molar-refractivity contribution in [2.45, 2.75) is 25.7 Å². The van der Waals surface area contributed by atoms with E-state index in [2.05, 4.69) is 46.6 Å². The van der Waals surface area contributed by atoms with E-state index in [4.69, 9.17) is 0 Å². The molecule has 0 atom stereocenters. The van der Waals surface area contributed by atoms with Crippen molar-refractivity contribution < 1.29 is 4.79 Å². The summed E-state index contributed by atoms with van der Waals surface area (Å²) in [5.74, 6) is 0.636. The third kappa shape index (κ3) is 8.39. The highest BCUT2D eigenvalue weighted by atomic mass is 127. The molecule has 1 amide bonds. The quantitative estimate of drug-likeness (QED) is 0.326. The van der Waals surface area contributed by atoms with Crippen LogP contribution in [-0.4, -0.2) is 55.5 Å². The van der Waals surface area contributed by atoms with E-state index in [-0.39, 0.29) is 41.8 Å². The van der Waals surface area contributed by atoms with E-state index in [0.29, 0.717) is 19.0 Å². The van der Waals surface area contributed by atoms with Crippen molar-refractivity contribution in [1.82, 2.24) is 20.5 Å². The first-order valence-corrected chi connectivity index (χ1v) is 9.56. The van der Waals surface area contributed by atoms with E-state index in [9.17, 15) is 4.79 Å². The van der Waals surface area contributed by atoms with Gasteiger partial charge in [-0.05, 0) is 17.7 Å². The van der Waals surface area contributed by atoms with Gasteiger partial charge in [0, 0.05) is 50.9 Å². The third-order valence-corrected chi connectivity index (χ3v) is 4.74. The van der Waals surface area contributed by atoms with Gasteiger partial charge >= 0.3 is 0 Å². The van der Waals surface area contributed by atoms with Gasteiger partial charge < -0.3 is 15.5 Å². The number of hydrogen-bond donors (Lipinski definition) is 2. The third-order valence-electron chi connectivity index (χ3n) is 4.74. The minimum atomic E-state index is -0.0532. The molecule has 2 aromatic rings. The van der Waals surface area contributed by atoms with Crippen LogP contribution >= 0.6 is 24.0 Å². The Morgan fingerprint density at radius 1 is 1.10 bits per heavy atom. The second-order valence-corrected chi connectivity index (χ2v) is 7.42. The van der Waals surface area contributed by atoms with Gasteiger partial charge in [0.1, 0.15) is 0 Å². The topological polar surface area (TPSA) is 69.6 Å². The summed E-state index contributed by atoms with van der Waals surface area (Å²) in [6, 6.07) is 16.2. The molecule has 158 valence electrons. The molecule has 0 aliphatic heterocycles. The van der Waals surface area contributed by atoms with Crippen LogP contribution < -0.4 is 10.6 Å². The van der Waals surface area contributed by atoms with Crippen molar-refractivity contribution in [2.75, 3.05) is 33.7 Å². The van der Waals surface area contributed by atoms with E-state index in [1.54, 1.807) is 18.1 Å². The molecule has 0 fully saturated rings. The molecule has 0 saturated carbocycles. The Morgan fingerprint density at radius 2 is 1.79 bits per heavy atom. The molecule has 0 aliphatic carbocycles. The van der Waals surface area contributed by atoms with Crippen LogP contribution in [0.5, 0.6) is 0 Å². The molecule has 7 heteroatoms. The highest BCUT2D eigenvalue weighted by Crippen LogP contribution is 2.21. The van der Waals surface area contributed by atoms with Crippen molar-refractivity contribution in [3.63, 3.8) is 0 Å². The van der Waals surface area contributed by atoms with Gasteiger partial charge in [0.2, 0.25) is 5.91 Å². The van der Waals surface area contributed by atoms with Crippen LogP contribution in [0.4, 0.5) is 0 Å². The number of carbonyl (C=O) groups excluding carboxylic acids is 1. The van der Waals surface area contributed by atoms with Crippen molar-refractivity contribution in [3.05, 3.63) is 66.0 Å². The second-order valence-electron chi connectivity index (χ2n) is 7.42. The molecule has 0 radical (unpaired) electrons. The summed E-state index contributed by atoms with van der Waals surface area (Å²) in [5, 5.41) is 6.42. The predicted octanol–water partition coefficient (Wildman–Crippen LogP) is 2.84. The van der Waals surface area contributed by atoms with Crippen molar-refractivity contribution in [1.29, 1.82) is 0 Å². The molecule has 6 nitrogen and oxygen atoms in total. The molecule has 2 rings (SSSR count). The van der Waals surface area contributed by atoms with E-state index in [1.165, 1.54) is 5.56 Å². The first-order valence-electron chi connectivity index (χ1n) is 9.56. The molecule has 1 heterocycles. The standard InChI is InChI=1S/C22H31N5O.HI/c1-22(2,18-10-6-5-7-11-18)17-26-21(23-3)25-16-20(28)27(4)15-13-19-12-8-9-14-24-19;/h5-12,14H,13,15-17H2,1-4H3,(H2,23,25,26);1H. The lowest BCUT2D eigenvalue weighted by atomic mass is 9.85. The molecule has 0 bridgehead atoms. The summed E-state index contributed by atoms with van der Waals surface area (Å²) in [6.45, 7) is 5.90. The largest absolute Gasteiger partial charge is 0.356 e. The normalized spacial score (nSPS) is 11.4. The van der Waals surface area contributed by atoms with Crippen molar-refractivity contribution in [2.24, 2.45) is 4.99 Å². The molecular weight excluding hydrogens is 477 g/mol. The number of amides is 1. The number of carbonyl (C=O) groups is 1. The number of rotatable bonds is 8. The van der Waals surface area contributed by atoms with Crippen LogP contribution in [0.3, 0.4) is 0 Å². The first kappa shape index (κ1) is 24.9. The van der Waals surface area contributed by atoms with Crippen LogP contribution in [0.25, 0.3) is 0 Å². The fourth-order valence-electron chi connectivity index (χ4n) is 2.76. The smallest absolute Gasteiger partial charge is 0.241 e. The van der Waals surface area contributed by atoms with E-state index >= 15 is 0 Å². The summed E-state index contributed by atoms with van der Waals surface area (Å²) < 4.78 is 0. The average Bonchev–Trinajstić information content (AvgIpc) is 2.73. The van der Waals surface area contributed by atoms with E-state index in [1.807, 2.05) is 43.4 Å². The molecule has 0 unspecified atom stereocenters. The van der Waals surface area contributed by atoms with Gasteiger partial charge in [-0.2, -0.15) is 0 Å². The minimum absolute atomic E-state index is 0. The molecular formula is C22H32IN5O. The van der Waals surface area contributed by atoms with Gasteiger partial charge in [-0.1, -0.05) is 50.2 Å². The molecule has 1 aromatic heterocycles. The Kier molecular flexibility index (Phi) is 10.6. The molecule has 29 heavy (non-hydrogen) atoms. The lowest BCUT2D eigenvalue weighted by molar-refractivity contribution is -0.128. The summed E-state index contributed by atoms with van der Waals surface area (Å²) in [7, 11) is 3.52. The van der Waals surface area contributed by atoms with Crippen LogP contribution in [-0.2, 0) is 16.6 Å². The summed E-state index contributed by atoms with van der Waals surface area (Å²) in [4.78, 5) is 22.6. The molecule has 0 spiro atoms. The number of halogens is 1. The number of guanidine groups is 1. The van der Waals surface area contributed by atoms with Gasteiger partial charge in [0.05, 0.1) is 6.54 Å². The van der Waals surface area contributed by atoms with Gasteiger partial charge in [0.25, 0.3) is 0 Å². The molecule has 0 saturated heterocycles. The maximum atomic E-state index is 12.4. The zero-order chi connectivity index (χ0) is 20.4. The van der Waals surface area contributed by atoms with Gasteiger partial charge in [-0.3, -0.25) is 14.8 Å². The minimum Gasteiger partial charge on any atom is -0.356 e. The lowest BCUT2D eigenvalue weighted by Crippen LogP contribution is -2.47. The lowest BCUT2D eigenvalue weighted by Gasteiger charge is -2.27.